The average Bonchev–Trinajstić information content (AvgIpc) is 3.27. The largest absolute Gasteiger partial charge is 0.496 e. The lowest BCUT2D eigenvalue weighted by Crippen LogP contribution is -2.47. The summed E-state index contributed by atoms with van der Waals surface area (Å²) in [5.41, 5.74) is 2.69. The van der Waals surface area contributed by atoms with Gasteiger partial charge in [-0.05, 0) is 31.5 Å². The fourth-order valence-corrected chi connectivity index (χ4v) is 4.46. The molecule has 2 heterocycles. The zero-order valence-electron chi connectivity index (χ0n) is 16.9. The number of carbonyl (C=O) groups excluding carboxylic acids is 2. The molecule has 2 atom stereocenters. The Morgan fingerprint density at radius 1 is 1.20 bits per heavy atom. The highest BCUT2D eigenvalue weighted by atomic mass is 32.1. The summed E-state index contributed by atoms with van der Waals surface area (Å²) in [6.07, 6.45) is 2.41. The minimum absolute atomic E-state index is 0.00643. The molecule has 1 N–H and O–H groups in total. The Morgan fingerprint density at radius 3 is 2.67 bits per heavy atom. The Bertz CT molecular complexity index is 1030. The lowest BCUT2D eigenvalue weighted by molar-refractivity contribution is -0.125. The highest BCUT2D eigenvalue weighted by Gasteiger charge is 2.42. The van der Waals surface area contributed by atoms with E-state index in [0.717, 1.165) is 16.8 Å². The Hall–Kier alpha value is -3.19. The molecule has 0 aliphatic carbocycles. The summed E-state index contributed by atoms with van der Waals surface area (Å²) in [5, 5.41) is 5.28. The molecule has 30 heavy (non-hydrogen) atoms. The second-order valence-electron chi connectivity index (χ2n) is 7.26. The van der Waals surface area contributed by atoms with Crippen molar-refractivity contribution in [3.8, 4) is 5.75 Å². The molecule has 154 valence electrons. The molecule has 6 nitrogen and oxygen atoms in total. The van der Waals surface area contributed by atoms with E-state index in [2.05, 4.69) is 10.3 Å². The van der Waals surface area contributed by atoms with Crippen molar-refractivity contribution in [3.05, 3.63) is 71.2 Å². The monoisotopic (exact) mass is 421 g/mol. The summed E-state index contributed by atoms with van der Waals surface area (Å²) in [7, 11) is 1.60. The number of thiazole rings is 1. The minimum atomic E-state index is -0.481. The molecule has 1 aliphatic heterocycles. The van der Waals surface area contributed by atoms with Gasteiger partial charge in [-0.3, -0.25) is 9.59 Å². The molecule has 1 aromatic heterocycles. The molecule has 7 heteroatoms. The third-order valence-electron chi connectivity index (χ3n) is 5.37. The van der Waals surface area contributed by atoms with Gasteiger partial charge in [-0.25, -0.2) is 4.98 Å². The van der Waals surface area contributed by atoms with Gasteiger partial charge in [0.2, 0.25) is 11.8 Å². The maximum absolute atomic E-state index is 13.3. The van der Waals surface area contributed by atoms with Crippen LogP contribution in [0.2, 0.25) is 0 Å². The maximum atomic E-state index is 13.3. The summed E-state index contributed by atoms with van der Waals surface area (Å²) in [4.78, 5) is 32.3. The zero-order chi connectivity index (χ0) is 21.1. The number of benzene rings is 2. The number of ether oxygens (including phenoxy) is 1. The number of methoxy groups -OCH3 is 1. The molecule has 1 fully saturated rings. The molecule has 4 rings (SSSR count). The number of piperidine rings is 1. The molecular formula is C23H23N3O3S. The van der Waals surface area contributed by atoms with Crippen molar-refractivity contribution in [1.29, 1.82) is 0 Å². The van der Waals surface area contributed by atoms with Crippen LogP contribution in [0.4, 0.5) is 10.8 Å². The number of anilines is 2. The van der Waals surface area contributed by atoms with Gasteiger partial charge in [-0.15, -0.1) is 11.3 Å². The summed E-state index contributed by atoms with van der Waals surface area (Å²) >= 11 is 1.37. The van der Waals surface area contributed by atoms with Crippen LogP contribution in [-0.4, -0.2) is 23.9 Å². The van der Waals surface area contributed by atoms with Crippen LogP contribution < -0.4 is 15.0 Å². The number of rotatable bonds is 5. The normalized spacial score (nSPS) is 18.9. The van der Waals surface area contributed by atoms with E-state index in [-0.39, 0.29) is 11.8 Å². The second kappa shape index (κ2) is 8.67. The van der Waals surface area contributed by atoms with Crippen molar-refractivity contribution in [2.24, 2.45) is 5.92 Å². The standard InChI is InChI=1S/C23H23N3O3S/c1-15-7-9-16(10-8-15)26-20(27)12-11-18(22(28)25-23-24-13-14-30-23)21(26)17-5-3-4-6-19(17)29-2/h3-10,13-14,18,21H,11-12H2,1-2H3,(H,24,25,28)/t18-,21-/m0/s1. The third-order valence-corrected chi connectivity index (χ3v) is 6.05. The van der Waals surface area contributed by atoms with E-state index in [9.17, 15) is 9.59 Å². The fraction of sp³-hybridized carbons (Fsp3) is 0.261. The highest BCUT2D eigenvalue weighted by Crippen LogP contribution is 2.43. The van der Waals surface area contributed by atoms with E-state index in [1.807, 2.05) is 60.8 Å². The van der Waals surface area contributed by atoms with Gasteiger partial charge >= 0.3 is 0 Å². The molecular weight excluding hydrogens is 398 g/mol. The van der Waals surface area contributed by atoms with Crippen LogP contribution in [0.15, 0.2) is 60.1 Å². The number of para-hydroxylation sites is 1. The molecule has 0 spiro atoms. The number of nitrogens with zero attached hydrogens (tertiary/aromatic N) is 2. The van der Waals surface area contributed by atoms with Gasteiger partial charge < -0.3 is 15.0 Å². The van der Waals surface area contributed by atoms with E-state index >= 15 is 0 Å². The quantitative estimate of drug-likeness (QED) is 0.654. The van der Waals surface area contributed by atoms with Crippen LogP contribution >= 0.6 is 11.3 Å². The van der Waals surface area contributed by atoms with Crippen molar-refractivity contribution in [2.75, 3.05) is 17.3 Å². The summed E-state index contributed by atoms with van der Waals surface area (Å²) < 4.78 is 5.59. The van der Waals surface area contributed by atoms with Crippen LogP contribution in [0.25, 0.3) is 0 Å². The van der Waals surface area contributed by atoms with Crippen molar-refractivity contribution < 1.29 is 14.3 Å². The lowest BCUT2D eigenvalue weighted by atomic mass is 9.82. The number of hydrogen-bond donors (Lipinski definition) is 1. The molecule has 2 aromatic carbocycles. The smallest absolute Gasteiger partial charge is 0.231 e. The van der Waals surface area contributed by atoms with Gasteiger partial charge in [0.25, 0.3) is 0 Å². The minimum Gasteiger partial charge on any atom is -0.496 e. The predicted octanol–water partition coefficient (Wildman–Crippen LogP) is 4.58. The van der Waals surface area contributed by atoms with Gasteiger partial charge in [0, 0.05) is 29.2 Å². The molecule has 0 unspecified atom stereocenters. The summed E-state index contributed by atoms with van der Waals surface area (Å²) in [6.45, 7) is 2.00. The number of aryl methyl sites for hydroxylation is 1. The fourth-order valence-electron chi connectivity index (χ4n) is 3.93. The first-order chi connectivity index (χ1) is 14.6. The van der Waals surface area contributed by atoms with Crippen LogP contribution in [0.1, 0.15) is 30.0 Å². The van der Waals surface area contributed by atoms with Gasteiger partial charge in [-0.2, -0.15) is 0 Å². The second-order valence-corrected chi connectivity index (χ2v) is 8.15. The summed E-state index contributed by atoms with van der Waals surface area (Å²) in [6, 6.07) is 14.9. The van der Waals surface area contributed by atoms with E-state index in [1.54, 1.807) is 18.2 Å². The van der Waals surface area contributed by atoms with Gasteiger partial charge in [-0.1, -0.05) is 35.9 Å². The van der Waals surface area contributed by atoms with Crippen molar-refractivity contribution in [3.63, 3.8) is 0 Å². The maximum Gasteiger partial charge on any atom is 0.231 e. The summed E-state index contributed by atoms with van der Waals surface area (Å²) in [5.74, 6) is 0.0593. The predicted molar refractivity (Wildman–Crippen MR) is 118 cm³/mol. The first kappa shape index (κ1) is 20.1. The zero-order valence-corrected chi connectivity index (χ0v) is 17.7. The molecule has 3 aromatic rings. The molecule has 1 saturated heterocycles. The van der Waals surface area contributed by atoms with E-state index in [1.165, 1.54) is 11.3 Å². The molecule has 0 bridgehead atoms. The van der Waals surface area contributed by atoms with Crippen LogP contribution in [0, 0.1) is 12.8 Å². The Balaban J connectivity index is 1.79. The van der Waals surface area contributed by atoms with Crippen LogP contribution in [-0.2, 0) is 9.59 Å². The van der Waals surface area contributed by atoms with Crippen molar-refractivity contribution >= 4 is 34.0 Å². The Kier molecular flexibility index (Phi) is 5.81. The van der Waals surface area contributed by atoms with Gasteiger partial charge in [0.15, 0.2) is 5.13 Å². The van der Waals surface area contributed by atoms with Crippen molar-refractivity contribution in [2.45, 2.75) is 25.8 Å². The van der Waals surface area contributed by atoms with Crippen LogP contribution in [0.3, 0.4) is 0 Å². The third kappa shape index (κ3) is 3.93. The number of carbonyl (C=O) groups is 2. The Morgan fingerprint density at radius 2 is 1.97 bits per heavy atom. The highest BCUT2D eigenvalue weighted by molar-refractivity contribution is 7.13. The molecule has 0 saturated carbocycles. The number of aromatic nitrogens is 1. The van der Waals surface area contributed by atoms with E-state index < -0.39 is 12.0 Å². The number of nitrogens with one attached hydrogen (secondary N) is 1. The lowest BCUT2D eigenvalue weighted by Gasteiger charge is -2.41. The van der Waals surface area contributed by atoms with Crippen molar-refractivity contribution in [1.82, 2.24) is 4.98 Å². The first-order valence-electron chi connectivity index (χ1n) is 9.80. The Labute approximate surface area is 179 Å². The number of amides is 2. The van der Waals surface area contributed by atoms with E-state index in [4.69, 9.17) is 4.74 Å². The number of hydrogen-bond acceptors (Lipinski definition) is 5. The average molecular weight is 422 g/mol. The van der Waals surface area contributed by atoms with E-state index in [0.29, 0.717) is 23.7 Å². The van der Waals surface area contributed by atoms with Gasteiger partial charge in [0.05, 0.1) is 19.1 Å². The molecule has 1 aliphatic rings. The SMILES string of the molecule is COc1ccccc1[C@H]1[C@@H](C(=O)Nc2nccs2)CCC(=O)N1c1ccc(C)cc1. The molecule has 2 amide bonds. The van der Waals surface area contributed by atoms with Gasteiger partial charge in [0.1, 0.15) is 5.75 Å². The molecule has 0 radical (unpaired) electrons. The topological polar surface area (TPSA) is 71.5 Å². The van der Waals surface area contributed by atoms with Crippen LogP contribution in [0.5, 0.6) is 5.75 Å². The first-order valence-corrected chi connectivity index (χ1v) is 10.7.